The summed E-state index contributed by atoms with van der Waals surface area (Å²) in [6.07, 6.45) is 0.748. The second-order valence-electron chi connectivity index (χ2n) is 5.86. The van der Waals surface area contributed by atoms with E-state index in [1.165, 1.54) is 11.8 Å². The summed E-state index contributed by atoms with van der Waals surface area (Å²) in [6, 6.07) is 0. The van der Waals surface area contributed by atoms with Crippen molar-refractivity contribution in [3.8, 4) is 0 Å². The first-order chi connectivity index (χ1) is 10.4. The van der Waals surface area contributed by atoms with Crippen LogP contribution in [0.5, 0.6) is 0 Å². The Kier molecular flexibility index (Phi) is 5.41. The molecule has 0 aromatic carbocycles. The Morgan fingerprint density at radius 2 is 2.18 bits per heavy atom. The summed E-state index contributed by atoms with van der Waals surface area (Å²) in [5.74, 6) is 1.66. The van der Waals surface area contributed by atoms with E-state index in [4.69, 9.17) is 9.26 Å². The second kappa shape index (κ2) is 7.10. The van der Waals surface area contributed by atoms with Crippen molar-refractivity contribution >= 4 is 11.8 Å². The van der Waals surface area contributed by atoms with E-state index in [2.05, 4.69) is 20.3 Å². The van der Waals surface area contributed by atoms with Crippen LogP contribution in [0.1, 0.15) is 38.9 Å². The minimum atomic E-state index is -0.223. The van der Waals surface area contributed by atoms with E-state index in [0.29, 0.717) is 35.8 Å². The molecule has 122 valence electrons. The molecule has 0 saturated heterocycles. The zero-order valence-electron chi connectivity index (χ0n) is 13.3. The van der Waals surface area contributed by atoms with E-state index in [1.807, 2.05) is 20.8 Å². The number of ether oxygens (including phenoxy) is 1. The number of H-pyrrole nitrogens is 1. The van der Waals surface area contributed by atoms with Gasteiger partial charge in [-0.3, -0.25) is 4.57 Å². The quantitative estimate of drug-likeness (QED) is 0.609. The fourth-order valence-corrected chi connectivity index (χ4v) is 2.53. The Labute approximate surface area is 132 Å². The predicted octanol–water partition coefficient (Wildman–Crippen LogP) is 1.58. The van der Waals surface area contributed by atoms with Crippen LogP contribution in [0, 0.1) is 0 Å². The lowest BCUT2D eigenvalue weighted by Crippen LogP contribution is -2.18. The molecule has 0 spiro atoms. The van der Waals surface area contributed by atoms with E-state index in [1.54, 1.807) is 11.7 Å². The van der Waals surface area contributed by atoms with Crippen LogP contribution in [0.4, 0.5) is 0 Å². The van der Waals surface area contributed by atoms with Crippen molar-refractivity contribution in [3.05, 3.63) is 22.2 Å². The lowest BCUT2D eigenvalue weighted by atomic mass is 9.96. The Balaban J connectivity index is 2.00. The van der Waals surface area contributed by atoms with Gasteiger partial charge in [0.15, 0.2) is 11.0 Å². The third-order valence-corrected chi connectivity index (χ3v) is 3.88. The summed E-state index contributed by atoms with van der Waals surface area (Å²) in [4.78, 5) is 16.1. The van der Waals surface area contributed by atoms with Crippen LogP contribution in [-0.4, -0.2) is 38.6 Å². The predicted molar refractivity (Wildman–Crippen MR) is 81.9 cm³/mol. The molecule has 2 rings (SSSR count). The maximum atomic E-state index is 11.7. The summed E-state index contributed by atoms with van der Waals surface area (Å²) in [5, 5.41) is 11.1. The highest BCUT2D eigenvalue weighted by Crippen LogP contribution is 2.22. The monoisotopic (exact) mass is 327 g/mol. The maximum Gasteiger partial charge on any atom is 0.343 e. The third kappa shape index (κ3) is 4.20. The summed E-state index contributed by atoms with van der Waals surface area (Å²) >= 11 is 1.39. The number of nitrogens with one attached hydrogen (secondary N) is 1. The molecule has 2 aromatic heterocycles. The normalized spacial score (nSPS) is 12.0. The van der Waals surface area contributed by atoms with Crippen LogP contribution in [-0.2, 0) is 22.4 Å². The number of rotatable bonds is 7. The van der Waals surface area contributed by atoms with Crippen LogP contribution in [0.2, 0.25) is 0 Å². The number of aromatic nitrogens is 5. The van der Waals surface area contributed by atoms with Gasteiger partial charge in [0.1, 0.15) is 0 Å². The second-order valence-corrected chi connectivity index (χ2v) is 6.80. The van der Waals surface area contributed by atoms with E-state index in [9.17, 15) is 4.79 Å². The van der Waals surface area contributed by atoms with Gasteiger partial charge in [-0.2, -0.15) is 4.98 Å². The third-order valence-electron chi connectivity index (χ3n) is 2.92. The molecule has 8 nitrogen and oxygen atoms in total. The van der Waals surface area contributed by atoms with Crippen molar-refractivity contribution in [2.24, 2.45) is 0 Å². The van der Waals surface area contributed by atoms with Crippen molar-refractivity contribution in [2.75, 3.05) is 13.7 Å². The fourth-order valence-electron chi connectivity index (χ4n) is 1.72. The van der Waals surface area contributed by atoms with Crippen LogP contribution in [0.15, 0.2) is 14.5 Å². The lowest BCUT2D eigenvalue weighted by molar-refractivity contribution is 0.189. The van der Waals surface area contributed by atoms with Gasteiger partial charge in [0, 0.05) is 25.7 Å². The van der Waals surface area contributed by atoms with Gasteiger partial charge in [-0.1, -0.05) is 37.7 Å². The minimum Gasteiger partial charge on any atom is -0.385 e. The van der Waals surface area contributed by atoms with Crippen molar-refractivity contribution in [2.45, 2.75) is 50.1 Å². The van der Waals surface area contributed by atoms with Crippen LogP contribution >= 0.6 is 11.8 Å². The number of hydrogen-bond donors (Lipinski definition) is 1. The maximum absolute atomic E-state index is 11.7. The molecule has 22 heavy (non-hydrogen) atoms. The standard InChI is InChI=1S/C13H21N5O3S/c1-13(2,3)10-14-9(21-17-10)8-22-12-16-15-11(19)18(12)6-5-7-20-4/h5-8H2,1-4H3,(H,15,19). The molecule has 0 aliphatic heterocycles. The summed E-state index contributed by atoms with van der Waals surface area (Å²) in [5.41, 5.74) is -0.374. The molecule has 9 heteroatoms. The molecule has 0 bridgehead atoms. The first kappa shape index (κ1) is 16.8. The number of hydrogen-bond acceptors (Lipinski definition) is 7. The highest BCUT2D eigenvalue weighted by Gasteiger charge is 2.21. The molecular formula is C13H21N5O3S. The fraction of sp³-hybridized carbons (Fsp3) is 0.692. The molecule has 0 aliphatic carbocycles. The molecule has 0 aliphatic rings. The molecule has 0 amide bonds. The summed E-state index contributed by atoms with van der Waals surface area (Å²) < 4.78 is 11.8. The van der Waals surface area contributed by atoms with Gasteiger partial charge in [0.05, 0.1) is 5.75 Å². The molecule has 2 aromatic rings. The number of nitrogens with zero attached hydrogens (tertiary/aromatic N) is 4. The molecule has 2 heterocycles. The SMILES string of the molecule is COCCCn1c(SCc2nc(C(C)(C)C)no2)n[nH]c1=O. The van der Waals surface area contributed by atoms with Gasteiger partial charge in [0.2, 0.25) is 5.89 Å². The van der Waals surface area contributed by atoms with Crippen LogP contribution < -0.4 is 5.69 Å². The zero-order chi connectivity index (χ0) is 16.2. The van der Waals surface area contributed by atoms with Gasteiger partial charge in [-0.05, 0) is 6.42 Å². The van der Waals surface area contributed by atoms with E-state index < -0.39 is 0 Å². The van der Waals surface area contributed by atoms with Gasteiger partial charge >= 0.3 is 5.69 Å². The van der Waals surface area contributed by atoms with Crippen molar-refractivity contribution < 1.29 is 9.26 Å². The highest BCUT2D eigenvalue weighted by atomic mass is 32.2. The van der Waals surface area contributed by atoms with Gasteiger partial charge < -0.3 is 9.26 Å². The van der Waals surface area contributed by atoms with Crippen molar-refractivity contribution in [1.29, 1.82) is 0 Å². The molecule has 0 fully saturated rings. The van der Waals surface area contributed by atoms with Crippen molar-refractivity contribution in [3.63, 3.8) is 0 Å². The van der Waals surface area contributed by atoms with Crippen LogP contribution in [0.3, 0.4) is 0 Å². The van der Waals surface area contributed by atoms with E-state index >= 15 is 0 Å². The first-order valence-corrected chi connectivity index (χ1v) is 8.00. The average molecular weight is 327 g/mol. The Hall–Kier alpha value is -1.61. The van der Waals surface area contributed by atoms with Crippen LogP contribution in [0.25, 0.3) is 0 Å². The summed E-state index contributed by atoms with van der Waals surface area (Å²) in [6.45, 7) is 7.23. The largest absolute Gasteiger partial charge is 0.385 e. The smallest absolute Gasteiger partial charge is 0.343 e. The van der Waals surface area contributed by atoms with Crippen molar-refractivity contribution in [1.82, 2.24) is 24.9 Å². The minimum absolute atomic E-state index is 0.152. The van der Waals surface area contributed by atoms with Gasteiger partial charge in [-0.25, -0.2) is 9.89 Å². The molecule has 0 radical (unpaired) electrons. The molecule has 0 unspecified atom stereocenters. The number of aromatic amines is 1. The Bertz CT molecular complexity index is 655. The number of methoxy groups -OCH3 is 1. The molecule has 0 saturated carbocycles. The van der Waals surface area contributed by atoms with E-state index in [0.717, 1.165) is 6.42 Å². The highest BCUT2D eigenvalue weighted by molar-refractivity contribution is 7.98. The molecule has 1 N–H and O–H groups in total. The van der Waals surface area contributed by atoms with Gasteiger partial charge in [-0.15, -0.1) is 5.10 Å². The van der Waals surface area contributed by atoms with Gasteiger partial charge in [0.25, 0.3) is 0 Å². The summed E-state index contributed by atoms with van der Waals surface area (Å²) in [7, 11) is 1.64. The average Bonchev–Trinajstić information content (AvgIpc) is 3.05. The Morgan fingerprint density at radius 1 is 1.41 bits per heavy atom. The number of thioether (sulfide) groups is 1. The molecular weight excluding hydrogens is 306 g/mol. The molecule has 0 atom stereocenters. The lowest BCUT2D eigenvalue weighted by Gasteiger charge is -2.10. The zero-order valence-corrected chi connectivity index (χ0v) is 14.1. The Morgan fingerprint density at radius 3 is 2.82 bits per heavy atom. The topological polar surface area (TPSA) is 98.8 Å². The first-order valence-electron chi connectivity index (χ1n) is 7.02. The van der Waals surface area contributed by atoms with E-state index in [-0.39, 0.29) is 11.1 Å².